The van der Waals surface area contributed by atoms with Gasteiger partial charge in [0, 0.05) is 44.3 Å². The van der Waals surface area contributed by atoms with E-state index in [1.165, 1.54) is 12.8 Å². The van der Waals surface area contributed by atoms with Gasteiger partial charge in [-0.2, -0.15) is 0 Å². The van der Waals surface area contributed by atoms with Crippen LogP contribution < -0.4 is 9.80 Å². The summed E-state index contributed by atoms with van der Waals surface area (Å²) in [6.07, 6.45) is 7.90. The third-order valence-electron chi connectivity index (χ3n) is 5.36. The number of imidazole rings is 1. The summed E-state index contributed by atoms with van der Waals surface area (Å²) in [6, 6.07) is 2.57. The van der Waals surface area contributed by atoms with E-state index in [0.717, 1.165) is 54.8 Å². The van der Waals surface area contributed by atoms with Gasteiger partial charge in [-0.25, -0.2) is 24.9 Å². The number of anilines is 2. The van der Waals surface area contributed by atoms with Crippen LogP contribution >= 0.6 is 0 Å². The van der Waals surface area contributed by atoms with Crippen molar-refractivity contribution in [2.24, 2.45) is 0 Å². The van der Waals surface area contributed by atoms with Gasteiger partial charge in [0.1, 0.15) is 18.0 Å². The maximum atomic E-state index is 4.73. The highest BCUT2D eigenvalue weighted by molar-refractivity contribution is 5.83. The van der Waals surface area contributed by atoms with E-state index in [1.54, 1.807) is 6.33 Å². The smallest absolute Gasteiger partial charge is 0.165 e. The second-order valence-electron chi connectivity index (χ2n) is 7.65. The molecule has 0 amide bonds. The summed E-state index contributed by atoms with van der Waals surface area (Å²) < 4.78 is 2.20. The van der Waals surface area contributed by atoms with Crippen LogP contribution in [-0.2, 0) is 0 Å². The van der Waals surface area contributed by atoms with Crippen molar-refractivity contribution in [1.82, 2.24) is 29.5 Å². The Morgan fingerprint density at radius 1 is 0.963 bits per heavy atom. The molecule has 4 heterocycles. The van der Waals surface area contributed by atoms with Crippen molar-refractivity contribution >= 4 is 22.8 Å². The molecule has 1 aliphatic heterocycles. The summed E-state index contributed by atoms with van der Waals surface area (Å²) in [7, 11) is 0. The maximum absolute atomic E-state index is 4.73. The summed E-state index contributed by atoms with van der Waals surface area (Å²) in [5, 5.41) is 0. The van der Waals surface area contributed by atoms with Crippen LogP contribution in [-0.4, -0.2) is 55.7 Å². The zero-order chi connectivity index (χ0) is 18.4. The van der Waals surface area contributed by atoms with Crippen molar-refractivity contribution < 1.29 is 0 Å². The highest BCUT2D eigenvalue weighted by Gasteiger charge is 2.28. The molecule has 1 saturated heterocycles. The molecule has 140 valence electrons. The van der Waals surface area contributed by atoms with Gasteiger partial charge in [-0.15, -0.1) is 0 Å². The van der Waals surface area contributed by atoms with Crippen LogP contribution in [0.25, 0.3) is 11.2 Å². The predicted molar refractivity (Wildman–Crippen MR) is 104 cm³/mol. The first-order chi connectivity index (χ1) is 13.2. The molecule has 8 nitrogen and oxygen atoms in total. The van der Waals surface area contributed by atoms with E-state index in [1.807, 2.05) is 18.6 Å². The summed E-state index contributed by atoms with van der Waals surface area (Å²) in [6.45, 7) is 7.84. The number of aromatic nitrogens is 6. The Balaban J connectivity index is 1.35. The molecule has 3 aromatic rings. The minimum atomic E-state index is 0.335. The average Bonchev–Trinajstić information content (AvgIpc) is 3.46. The molecule has 8 heteroatoms. The van der Waals surface area contributed by atoms with E-state index in [0.29, 0.717) is 12.0 Å². The SMILES string of the molecule is CC(C)c1nccc(N2CCN(c3ncnc4c3ncn4C3CC3)CC2)n1. The second-order valence-corrected chi connectivity index (χ2v) is 7.65. The second kappa shape index (κ2) is 6.44. The zero-order valence-corrected chi connectivity index (χ0v) is 15.8. The van der Waals surface area contributed by atoms with Crippen molar-refractivity contribution in [1.29, 1.82) is 0 Å². The standard InChI is InChI=1S/C19H24N8/c1-13(2)17-20-6-5-15(24-17)25-7-9-26(10-8-25)18-16-19(22-11-21-18)27(12-23-16)14-3-4-14/h5-6,11-14H,3-4,7-10H2,1-2H3. The molecule has 1 aliphatic carbocycles. The van der Waals surface area contributed by atoms with Crippen LogP contribution in [0.2, 0.25) is 0 Å². The molecule has 0 bridgehead atoms. The molecule has 0 unspecified atom stereocenters. The number of hydrogen-bond acceptors (Lipinski definition) is 7. The lowest BCUT2D eigenvalue weighted by atomic mass is 10.2. The third-order valence-corrected chi connectivity index (χ3v) is 5.36. The van der Waals surface area contributed by atoms with E-state index < -0.39 is 0 Å². The van der Waals surface area contributed by atoms with Crippen molar-refractivity contribution in [2.75, 3.05) is 36.0 Å². The molecule has 27 heavy (non-hydrogen) atoms. The Morgan fingerprint density at radius 3 is 2.48 bits per heavy atom. The number of piperazine rings is 1. The molecule has 3 aromatic heterocycles. The Bertz CT molecular complexity index is 953. The van der Waals surface area contributed by atoms with E-state index >= 15 is 0 Å². The third kappa shape index (κ3) is 2.98. The average molecular weight is 364 g/mol. The molecule has 0 spiro atoms. The van der Waals surface area contributed by atoms with Crippen molar-refractivity contribution in [2.45, 2.75) is 38.6 Å². The monoisotopic (exact) mass is 364 g/mol. The van der Waals surface area contributed by atoms with Gasteiger partial charge in [-0.1, -0.05) is 13.8 Å². The van der Waals surface area contributed by atoms with Gasteiger partial charge in [0.05, 0.1) is 6.33 Å². The van der Waals surface area contributed by atoms with Gasteiger partial charge in [-0.3, -0.25) is 0 Å². The zero-order valence-electron chi connectivity index (χ0n) is 15.8. The van der Waals surface area contributed by atoms with Crippen LogP contribution in [0, 0.1) is 0 Å². The van der Waals surface area contributed by atoms with Gasteiger partial charge < -0.3 is 14.4 Å². The van der Waals surface area contributed by atoms with Crippen LogP contribution in [0.15, 0.2) is 24.9 Å². The first kappa shape index (κ1) is 16.4. The molecule has 0 atom stereocenters. The molecular formula is C19H24N8. The lowest BCUT2D eigenvalue weighted by Gasteiger charge is -2.36. The lowest BCUT2D eigenvalue weighted by Crippen LogP contribution is -2.47. The first-order valence-corrected chi connectivity index (χ1v) is 9.71. The van der Waals surface area contributed by atoms with E-state index in [2.05, 4.69) is 48.2 Å². The summed E-state index contributed by atoms with van der Waals surface area (Å²) >= 11 is 0. The summed E-state index contributed by atoms with van der Waals surface area (Å²) in [4.78, 5) is 27.4. The Labute approximate surface area is 158 Å². The molecular weight excluding hydrogens is 340 g/mol. The first-order valence-electron chi connectivity index (χ1n) is 9.71. The van der Waals surface area contributed by atoms with Crippen molar-refractivity contribution in [3.05, 3.63) is 30.7 Å². The number of hydrogen-bond donors (Lipinski definition) is 0. The van der Waals surface area contributed by atoms with Gasteiger partial charge in [0.15, 0.2) is 17.0 Å². The fourth-order valence-electron chi connectivity index (χ4n) is 3.66. The molecule has 1 saturated carbocycles. The highest BCUT2D eigenvalue weighted by Crippen LogP contribution is 2.37. The largest absolute Gasteiger partial charge is 0.353 e. The van der Waals surface area contributed by atoms with E-state index in [-0.39, 0.29) is 0 Å². The Morgan fingerprint density at radius 2 is 1.74 bits per heavy atom. The molecule has 0 radical (unpaired) electrons. The van der Waals surface area contributed by atoms with Gasteiger partial charge in [-0.05, 0) is 18.9 Å². The van der Waals surface area contributed by atoms with Gasteiger partial charge in [0.25, 0.3) is 0 Å². The van der Waals surface area contributed by atoms with E-state index in [4.69, 9.17) is 4.98 Å². The quantitative estimate of drug-likeness (QED) is 0.703. The molecule has 5 rings (SSSR count). The number of fused-ring (bicyclic) bond motifs is 1. The molecule has 2 fully saturated rings. The van der Waals surface area contributed by atoms with E-state index in [9.17, 15) is 0 Å². The minimum Gasteiger partial charge on any atom is -0.353 e. The van der Waals surface area contributed by atoms with Crippen LogP contribution in [0.5, 0.6) is 0 Å². The lowest BCUT2D eigenvalue weighted by molar-refractivity contribution is 0.637. The van der Waals surface area contributed by atoms with Crippen molar-refractivity contribution in [3.8, 4) is 0 Å². The Kier molecular flexibility index (Phi) is 3.91. The maximum Gasteiger partial charge on any atom is 0.165 e. The fourth-order valence-corrected chi connectivity index (χ4v) is 3.66. The molecule has 2 aliphatic rings. The van der Waals surface area contributed by atoms with Crippen molar-refractivity contribution in [3.63, 3.8) is 0 Å². The minimum absolute atomic E-state index is 0.335. The summed E-state index contributed by atoms with van der Waals surface area (Å²) in [5.74, 6) is 3.20. The summed E-state index contributed by atoms with van der Waals surface area (Å²) in [5.41, 5.74) is 1.88. The normalized spacial score (nSPS) is 17.9. The Hall–Kier alpha value is -2.77. The molecule has 0 N–H and O–H groups in total. The highest BCUT2D eigenvalue weighted by atomic mass is 15.3. The number of rotatable bonds is 4. The topological polar surface area (TPSA) is 75.9 Å². The number of nitrogens with zero attached hydrogens (tertiary/aromatic N) is 8. The van der Waals surface area contributed by atoms with Gasteiger partial charge >= 0.3 is 0 Å². The van der Waals surface area contributed by atoms with Crippen LogP contribution in [0.1, 0.15) is 44.5 Å². The fraction of sp³-hybridized carbons (Fsp3) is 0.526. The van der Waals surface area contributed by atoms with Gasteiger partial charge in [0.2, 0.25) is 0 Å². The predicted octanol–water partition coefficient (Wildman–Crippen LogP) is 2.40. The van der Waals surface area contributed by atoms with Crippen LogP contribution in [0.4, 0.5) is 11.6 Å². The molecule has 0 aromatic carbocycles. The van der Waals surface area contributed by atoms with Crippen LogP contribution in [0.3, 0.4) is 0 Å².